The molecule has 3 rings (SSSR count). The largest absolute Gasteiger partial charge is 0.388 e. The predicted molar refractivity (Wildman–Crippen MR) is 114 cm³/mol. The van der Waals surface area contributed by atoms with Crippen molar-refractivity contribution in [1.82, 2.24) is 5.32 Å². The maximum absolute atomic E-state index is 3.22. The Labute approximate surface area is 156 Å². The van der Waals surface area contributed by atoms with Crippen LogP contribution in [0.15, 0.2) is 78.0 Å². The summed E-state index contributed by atoms with van der Waals surface area (Å²) in [4.78, 5) is 2.13. The molecular formula is C23H27N3. The summed E-state index contributed by atoms with van der Waals surface area (Å²) in [7, 11) is 8.04. The standard InChI is InChI=1S/C23H27N3/c1-24-20-11-5-17(6-12-20)23(18-7-13-21(25-2)14-8-18)19-9-15-22(16-10-19)26(3)4/h5-7,9-16,24-25H,8H2,1-4H3/b23-18-. The molecule has 0 fully saturated rings. The van der Waals surface area contributed by atoms with Gasteiger partial charge in [0.15, 0.2) is 0 Å². The Morgan fingerprint density at radius 3 is 1.88 bits per heavy atom. The lowest BCUT2D eigenvalue weighted by molar-refractivity contribution is 1.00. The SMILES string of the molecule is CNC1=CC/C(=C(/c2ccc(NC)cc2)c2ccc(N(C)C)cc2)C=C1. The third-order valence-corrected chi connectivity index (χ3v) is 4.75. The molecule has 3 nitrogen and oxygen atoms in total. The van der Waals surface area contributed by atoms with Crippen molar-refractivity contribution in [2.24, 2.45) is 0 Å². The quantitative estimate of drug-likeness (QED) is 0.825. The molecule has 3 heteroatoms. The zero-order valence-corrected chi connectivity index (χ0v) is 16.0. The van der Waals surface area contributed by atoms with Crippen LogP contribution in [0, 0.1) is 0 Å². The molecule has 0 heterocycles. The molecule has 0 saturated heterocycles. The van der Waals surface area contributed by atoms with Gasteiger partial charge in [0, 0.05) is 45.3 Å². The van der Waals surface area contributed by atoms with Gasteiger partial charge in [-0.15, -0.1) is 0 Å². The van der Waals surface area contributed by atoms with Crippen LogP contribution in [0.5, 0.6) is 0 Å². The van der Waals surface area contributed by atoms with Crippen molar-refractivity contribution >= 4 is 16.9 Å². The topological polar surface area (TPSA) is 27.3 Å². The molecule has 0 bridgehead atoms. The number of anilines is 2. The first kappa shape index (κ1) is 17.9. The van der Waals surface area contributed by atoms with Crippen molar-refractivity contribution in [1.29, 1.82) is 0 Å². The van der Waals surface area contributed by atoms with Crippen LogP contribution in [-0.2, 0) is 0 Å². The number of hydrogen-bond acceptors (Lipinski definition) is 3. The molecule has 0 atom stereocenters. The summed E-state index contributed by atoms with van der Waals surface area (Å²) in [5, 5.41) is 6.41. The average Bonchev–Trinajstić information content (AvgIpc) is 2.69. The lowest BCUT2D eigenvalue weighted by Crippen LogP contribution is -2.08. The Morgan fingerprint density at radius 2 is 1.42 bits per heavy atom. The van der Waals surface area contributed by atoms with E-state index in [1.54, 1.807) is 0 Å². The van der Waals surface area contributed by atoms with Gasteiger partial charge in [-0.05, 0) is 59.0 Å². The summed E-state index contributed by atoms with van der Waals surface area (Å²) in [5.41, 5.74) is 8.61. The maximum Gasteiger partial charge on any atom is 0.0361 e. The average molecular weight is 345 g/mol. The number of hydrogen-bond donors (Lipinski definition) is 2. The monoisotopic (exact) mass is 345 g/mol. The van der Waals surface area contributed by atoms with Crippen LogP contribution in [0.4, 0.5) is 11.4 Å². The molecule has 0 unspecified atom stereocenters. The van der Waals surface area contributed by atoms with E-state index >= 15 is 0 Å². The number of nitrogens with zero attached hydrogens (tertiary/aromatic N) is 1. The van der Waals surface area contributed by atoms with Gasteiger partial charge in [-0.25, -0.2) is 0 Å². The van der Waals surface area contributed by atoms with Crippen molar-refractivity contribution in [3.8, 4) is 0 Å². The highest BCUT2D eigenvalue weighted by Crippen LogP contribution is 2.32. The number of nitrogens with one attached hydrogen (secondary N) is 2. The number of rotatable bonds is 5. The van der Waals surface area contributed by atoms with Crippen LogP contribution in [-0.4, -0.2) is 28.2 Å². The first-order chi connectivity index (χ1) is 12.6. The fraction of sp³-hybridized carbons (Fsp3) is 0.217. The first-order valence-corrected chi connectivity index (χ1v) is 8.97. The number of benzene rings is 2. The molecule has 1 aliphatic rings. The molecule has 0 spiro atoms. The van der Waals surface area contributed by atoms with E-state index in [-0.39, 0.29) is 0 Å². The first-order valence-electron chi connectivity index (χ1n) is 8.97. The summed E-state index contributed by atoms with van der Waals surface area (Å²) in [6.45, 7) is 0. The number of likely N-dealkylation sites (N-methyl/N-ethyl adjacent to an activating group) is 1. The molecule has 1 aliphatic carbocycles. The summed E-state index contributed by atoms with van der Waals surface area (Å²) in [6, 6.07) is 17.4. The van der Waals surface area contributed by atoms with Crippen LogP contribution in [0.2, 0.25) is 0 Å². The van der Waals surface area contributed by atoms with Crippen LogP contribution in [0.1, 0.15) is 17.5 Å². The Hall–Kier alpha value is -2.94. The molecule has 26 heavy (non-hydrogen) atoms. The summed E-state index contributed by atoms with van der Waals surface area (Å²) in [5.74, 6) is 0. The Kier molecular flexibility index (Phi) is 5.47. The third kappa shape index (κ3) is 3.83. The highest BCUT2D eigenvalue weighted by Gasteiger charge is 2.12. The molecule has 0 aromatic heterocycles. The van der Waals surface area contributed by atoms with E-state index in [2.05, 4.69) is 96.4 Å². The Balaban J connectivity index is 2.07. The zero-order chi connectivity index (χ0) is 18.5. The van der Waals surface area contributed by atoms with E-state index in [1.807, 2.05) is 14.1 Å². The highest BCUT2D eigenvalue weighted by atomic mass is 15.1. The van der Waals surface area contributed by atoms with Gasteiger partial charge in [-0.3, -0.25) is 0 Å². The molecule has 0 radical (unpaired) electrons. The van der Waals surface area contributed by atoms with E-state index in [1.165, 1.54) is 33.7 Å². The van der Waals surface area contributed by atoms with Gasteiger partial charge in [-0.1, -0.05) is 36.4 Å². The molecule has 2 N–H and O–H groups in total. The van der Waals surface area contributed by atoms with Gasteiger partial charge in [0.25, 0.3) is 0 Å². The highest BCUT2D eigenvalue weighted by molar-refractivity contribution is 5.85. The lowest BCUT2D eigenvalue weighted by atomic mass is 9.89. The van der Waals surface area contributed by atoms with Crippen molar-refractivity contribution in [3.63, 3.8) is 0 Å². The third-order valence-electron chi connectivity index (χ3n) is 4.75. The van der Waals surface area contributed by atoms with Crippen molar-refractivity contribution in [3.05, 3.63) is 89.2 Å². The molecule has 0 saturated carbocycles. The van der Waals surface area contributed by atoms with Crippen LogP contribution in [0.25, 0.3) is 5.57 Å². The summed E-state index contributed by atoms with van der Waals surface area (Å²) < 4.78 is 0. The predicted octanol–water partition coefficient (Wildman–Crippen LogP) is 4.66. The fourth-order valence-electron chi connectivity index (χ4n) is 3.18. The van der Waals surface area contributed by atoms with Crippen LogP contribution < -0.4 is 15.5 Å². The summed E-state index contributed by atoms with van der Waals surface area (Å²) >= 11 is 0. The maximum atomic E-state index is 3.22. The normalized spacial score (nSPS) is 15.3. The van der Waals surface area contributed by atoms with Crippen molar-refractivity contribution in [2.75, 3.05) is 38.4 Å². The molecule has 2 aromatic rings. The fourth-order valence-corrected chi connectivity index (χ4v) is 3.18. The molecule has 0 amide bonds. The van der Waals surface area contributed by atoms with E-state index in [4.69, 9.17) is 0 Å². The lowest BCUT2D eigenvalue weighted by Gasteiger charge is -2.18. The molecular weight excluding hydrogens is 318 g/mol. The minimum absolute atomic E-state index is 0.922. The van der Waals surface area contributed by atoms with Gasteiger partial charge < -0.3 is 15.5 Å². The van der Waals surface area contributed by atoms with Crippen molar-refractivity contribution < 1.29 is 0 Å². The molecule has 2 aromatic carbocycles. The minimum Gasteiger partial charge on any atom is -0.388 e. The molecule has 0 aliphatic heterocycles. The van der Waals surface area contributed by atoms with Gasteiger partial charge in [-0.2, -0.15) is 0 Å². The second kappa shape index (κ2) is 7.96. The van der Waals surface area contributed by atoms with Gasteiger partial charge in [0.05, 0.1) is 0 Å². The minimum atomic E-state index is 0.922. The Morgan fingerprint density at radius 1 is 0.808 bits per heavy atom. The second-order valence-corrected chi connectivity index (χ2v) is 6.62. The van der Waals surface area contributed by atoms with Crippen LogP contribution in [0.3, 0.4) is 0 Å². The smallest absolute Gasteiger partial charge is 0.0361 e. The van der Waals surface area contributed by atoms with E-state index < -0.39 is 0 Å². The van der Waals surface area contributed by atoms with Crippen LogP contribution >= 0.6 is 0 Å². The van der Waals surface area contributed by atoms with Crippen molar-refractivity contribution in [2.45, 2.75) is 6.42 Å². The van der Waals surface area contributed by atoms with E-state index in [0.29, 0.717) is 0 Å². The zero-order valence-electron chi connectivity index (χ0n) is 16.0. The number of allylic oxidation sites excluding steroid dienone is 4. The Bertz CT molecular complexity index is 838. The van der Waals surface area contributed by atoms with Gasteiger partial charge in [0.2, 0.25) is 0 Å². The van der Waals surface area contributed by atoms with E-state index in [0.717, 1.165) is 12.1 Å². The van der Waals surface area contributed by atoms with E-state index in [9.17, 15) is 0 Å². The summed E-state index contributed by atoms with van der Waals surface area (Å²) in [6.07, 6.45) is 7.54. The van der Waals surface area contributed by atoms with Gasteiger partial charge in [0.1, 0.15) is 0 Å². The van der Waals surface area contributed by atoms with Gasteiger partial charge >= 0.3 is 0 Å². The second-order valence-electron chi connectivity index (χ2n) is 6.62. The molecule has 134 valence electrons.